The van der Waals surface area contributed by atoms with E-state index in [1.807, 2.05) is 51.7 Å². The summed E-state index contributed by atoms with van der Waals surface area (Å²) in [7, 11) is 0. The summed E-state index contributed by atoms with van der Waals surface area (Å²) < 4.78 is 27.4. The highest BCUT2D eigenvalue weighted by Crippen LogP contribution is 2.15. The molecule has 1 aromatic rings. The van der Waals surface area contributed by atoms with Crippen LogP contribution in [0.15, 0.2) is 24.3 Å². The molecule has 1 atom stereocenters. The molecule has 14 heteroatoms. The van der Waals surface area contributed by atoms with Gasteiger partial charge in [-0.25, -0.2) is 0 Å². The molecule has 2 N–H and O–H groups in total. The maximum atomic E-state index is 13.2. The summed E-state index contributed by atoms with van der Waals surface area (Å²) in [5.41, 5.74) is 7.49. The normalized spacial score (nSPS) is 11.8. The van der Waals surface area contributed by atoms with Crippen molar-refractivity contribution in [2.45, 2.75) is 111 Å². The van der Waals surface area contributed by atoms with E-state index in [0.717, 1.165) is 50.5 Å². The highest BCUT2D eigenvalue weighted by molar-refractivity contribution is 5.76. The van der Waals surface area contributed by atoms with Crippen LogP contribution in [0.25, 0.3) is 0 Å². The highest BCUT2D eigenvalue weighted by atomic mass is 16.5. The monoisotopic (exact) mass is 779 g/mol. The van der Waals surface area contributed by atoms with E-state index in [0.29, 0.717) is 31.4 Å². The number of hydrogen-bond acceptors (Lipinski definition) is 14. The number of anilines is 1. The molecule has 0 amide bonds. The summed E-state index contributed by atoms with van der Waals surface area (Å²) >= 11 is 0. The predicted molar refractivity (Wildman–Crippen MR) is 212 cm³/mol. The molecular weight excluding hydrogens is 708 g/mol. The quantitative estimate of drug-likeness (QED) is 0.0447. The molecule has 314 valence electrons. The Balaban J connectivity index is 3.51. The number of nitrogens with two attached hydrogens (primary N) is 1. The van der Waals surface area contributed by atoms with Gasteiger partial charge in [0.05, 0.1) is 65.8 Å². The second kappa shape index (κ2) is 31.5. The standard InChI is InChI=1S/C41H70N4O10/c1-6-11-22-51-37(46)29-43(20-21-44(30-38(47)52-23-12-7-2)31-39(48)53-24-13-8-3)28-36(27-34-16-18-35(42)19-17-34)45(32-40(49)54-25-14-9-4)33-41(50)55-26-15-10-5/h16-19,36H,6-15,20-33,42H2,1-5H3. The summed E-state index contributed by atoms with van der Waals surface area (Å²) in [5.74, 6) is -2.31. The minimum atomic E-state index is -0.490. The van der Waals surface area contributed by atoms with Gasteiger partial charge in [0.1, 0.15) is 0 Å². The van der Waals surface area contributed by atoms with E-state index in [9.17, 15) is 24.0 Å². The van der Waals surface area contributed by atoms with Gasteiger partial charge in [0, 0.05) is 31.4 Å². The van der Waals surface area contributed by atoms with Crippen molar-refractivity contribution >= 4 is 35.5 Å². The van der Waals surface area contributed by atoms with Gasteiger partial charge in [-0.3, -0.25) is 38.7 Å². The third-order valence-corrected chi connectivity index (χ3v) is 8.70. The largest absolute Gasteiger partial charge is 0.465 e. The van der Waals surface area contributed by atoms with Crippen molar-refractivity contribution in [1.82, 2.24) is 14.7 Å². The second-order valence-electron chi connectivity index (χ2n) is 13.8. The first kappa shape index (κ1) is 49.3. The first-order valence-electron chi connectivity index (χ1n) is 20.4. The molecule has 0 spiro atoms. The topological polar surface area (TPSA) is 167 Å². The third-order valence-electron chi connectivity index (χ3n) is 8.70. The summed E-state index contributed by atoms with van der Waals surface area (Å²) in [5, 5.41) is 0. The van der Waals surface area contributed by atoms with Crippen LogP contribution < -0.4 is 5.73 Å². The van der Waals surface area contributed by atoms with E-state index in [4.69, 9.17) is 29.4 Å². The van der Waals surface area contributed by atoms with Crippen LogP contribution in [0.2, 0.25) is 0 Å². The molecule has 0 fully saturated rings. The summed E-state index contributed by atoms with van der Waals surface area (Å²) in [6, 6.07) is 6.86. The fourth-order valence-corrected chi connectivity index (χ4v) is 5.34. The lowest BCUT2D eigenvalue weighted by Crippen LogP contribution is -2.52. The predicted octanol–water partition coefficient (Wildman–Crippen LogP) is 4.80. The maximum Gasteiger partial charge on any atom is 0.320 e. The van der Waals surface area contributed by atoms with Gasteiger partial charge in [-0.1, -0.05) is 78.9 Å². The molecule has 1 rings (SSSR count). The van der Waals surface area contributed by atoms with E-state index in [2.05, 4.69) is 0 Å². The molecule has 55 heavy (non-hydrogen) atoms. The van der Waals surface area contributed by atoms with Crippen molar-refractivity contribution in [3.05, 3.63) is 29.8 Å². The number of nitrogens with zero attached hydrogens (tertiary/aromatic N) is 3. The van der Waals surface area contributed by atoms with Crippen molar-refractivity contribution in [3.8, 4) is 0 Å². The first-order valence-corrected chi connectivity index (χ1v) is 20.4. The molecule has 14 nitrogen and oxygen atoms in total. The number of nitrogen functional groups attached to an aromatic ring is 1. The lowest BCUT2D eigenvalue weighted by atomic mass is 10.0. The lowest BCUT2D eigenvalue weighted by molar-refractivity contribution is -0.151. The number of hydrogen-bond donors (Lipinski definition) is 1. The van der Waals surface area contributed by atoms with Gasteiger partial charge < -0.3 is 29.4 Å². The van der Waals surface area contributed by atoms with Gasteiger partial charge in [-0.2, -0.15) is 0 Å². The summed E-state index contributed by atoms with van der Waals surface area (Å²) in [6.45, 7) is 11.3. The molecule has 0 saturated heterocycles. The first-order chi connectivity index (χ1) is 26.5. The zero-order chi connectivity index (χ0) is 40.7. The number of benzene rings is 1. The summed E-state index contributed by atoms with van der Waals surface area (Å²) in [4.78, 5) is 70.5. The Bertz CT molecular complexity index is 1170. The Morgan fingerprint density at radius 1 is 0.509 bits per heavy atom. The highest BCUT2D eigenvalue weighted by Gasteiger charge is 2.29. The molecular formula is C41H70N4O10. The fraction of sp³-hybridized carbons (Fsp3) is 0.732. The van der Waals surface area contributed by atoms with Gasteiger partial charge in [0.2, 0.25) is 0 Å². The van der Waals surface area contributed by atoms with Gasteiger partial charge in [0.25, 0.3) is 0 Å². The van der Waals surface area contributed by atoms with Gasteiger partial charge in [-0.15, -0.1) is 0 Å². The van der Waals surface area contributed by atoms with E-state index < -0.39 is 35.9 Å². The molecule has 0 bridgehead atoms. The molecule has 0 heterocycles. The van der Waals surface area contributed by atoms with Crippen molar-refractivity contribution in [2.75, 3.05) is 91.1 Å². The lowest BCUT2D eigenvalue weighted by Gasteiger charge is -2.35. The zero-order valence-corrected chi connectivity index (χ0v) is 34.4. The minimum absolute atomic E-state index is 0.104. The SMILES string of the molecule is CCCCOC(=O)CN(CCN(CC(=O)OCCCC)CC(Cc1ccc(N)cc1)N(CC(=O)OCCCC)CC(=O)OCCCC)CC(=O)OCCCC. The van der Waals surface area contributed by atoms with Crippen LogP contribution in [-0.2, 0) is 54.1 Å². The van der Waals surface area contributed by atoms with Gasteiger partial charge in [0.15, 0.2) is 0 Å². The second-order valence-corrected chi connectivity index (χ2v) is 13.8. The van der Waals surface area contributed by atoms with Crippen LogP contribution >= 0.6 is 0 Å². The number of ether oxygens (including phenoxy) is 5. The van der Waals surface area contributed by atoms with Crippen LogP contribution in [-0.4, -0.2) is 136 Å². The van der Waals surface area contributed by atoms with E-state index in [1.54, 1.807) is 21.9 Å². The summed E-state index contributed by atoms with van der Waals surface area (Å²) in [6.07, 6.45) is 8.28. The van der Waals surface area contributed by atoms with Crippen LogP contribution in [0.5, 0.6) is 0 Å². The van der Waals surface area contributed by atoms with Crippen molar-refractivity contribution in [3.63, 3.8) is 0 Å². The molecule has 0 aliphatic rings. The number of esters is 5. The fourth-order valence-electron chi connectivity index (χ4n) is 5.34. The maximum absolute atomic E-state index is 13.2. The molecule has 1 aromatic carbocycles. The smallest absolute Gasteiger partial charge is 0.320 e. The Hall–Kier alpha value is -3.75. The number of rotatable bonds is 33. The third kappa shape index (κ3) is 25.1. The number of unbranched alkanes of at least 4 members (excludes halogenated alkanes) is 5. The van der Waals surface area contributed by atoms with Gasteiger partial charge in [-0.05, 0) is 56.2 Å². The Labute approximate surface area is 329 Å². The van der Waals surface area contributed by atoms with Crippen LogP contribution in [0.1, 0.15) is 104 Å². The van der Waals surface area contributed by atoms with Crippen molar-refractivity contribution < 1.29 is 47.7 Å². The Morgan fingerprint density at radius 2 is 0.836 bits per heavy atom. The minimum Gasteiger partial charge on any atom is -0.465 e. The molecule has 0 saturated carbocycles. The van der Waals surface area contributed by atoms with Crippen LogP contribution in [0, 0.1) is 0 Å². The number of carbonyl (C=O) groups is 5. The molecule has 0 aliphatic carbocycles. The van der Waals surface area contributed by atoms with E-state index in [1.165, 1.54) is 0 Å². The average molecular weight is 779 g/mol. The average Bonchev–Trinajstić information content (AvgIpc) is 3.14. The zero-order valence-electron chi connectivity index (χ0n) is 34.4. The molecule has 1 unspecified atom stereocenters. The number of carbonyl (C=O) groups excluding carboxylic acids is 5. The van der Waals surface area contributed by atoms with Crippen molar-refractivity contribution in [2.24, 2.45) is 0 Å². The Morgan fingerprint density at radius 3 is 1.20 bits per heavy atom. The van der Waals surface area contributed by atoms with E-state index in [-0.39, 0.29) is 85.4 Å². The molecule has 0 aliphatic heterocycles. The van der Waals surface area contributed by atoms with Crippen LogP contribution in [0.3, 0.4) is 0 Å². The van der Waals surface area contributed by atoms with Crippen LogP contribution in [0.4, 0.5) is 5.69 Å². The molecule has 0 radical (unpaired) electrons. The van der Waals surface area contributed by atoms with E-state index >= 15 is 0 Å². The van der Waals surface area contributed by atoms with Gasteiger partial charge >= 0.3 is 29.8 Å². The Kier molecular flexibility index (Phi) is 28.2. The van der Waals surface area contributed by atoms with Crippen molar-refractivity contribution in [1.29, 1.82) is 0 Å². The molecule has 0 aromatic heterocycles.